The molecule has 1 aromatic carbocycles. The van der Waals surface area contributed by atoms with Crippen LogP contribution >= 0.6 is 0 Å². The molecule has 0 heterocycles. The molecule has 1 N–H and O–H groups in total. The molecule has 0 spiro atoms. The highest BCUT2D eigenvalue weighted by molar-refractivity contribution is 5.94. The van der Waals surface area contributed by atoms with E-state index in [9.17, 15) is 9.59 Å². The van der Waals surface area contributed by atoms with Crippen LogP contribution in [0.2, 0.25) is 0 Å². The Morgan fingerprint density at radius 1 is 1.36 bits per heavy atom. The predicted molar refractivity (Wildman–Crippen MR) is 87.3 cm³/mol. The fraction of sp³-hybridized carbons (Fsp3) is 0.444. The third kappa shape index (κ3) is 3.97. The second-order valence-electron chi connectivity index (χ2n) is 6.69. The Bertz CT molecular complexity index is 575. The zero-order chi connectivity index (χ0) is 16.3. The van der Waals surface area contributed by atoms with Crippen LogP contribution in [0.15, 0.2) is 36.9 Å². The fourth-order valence-corrected chi connectivity index (χ4v) is 2.55. The lowest BCUT2D eigenvalue weighted by molar-refractivity contribution is -0.116. The lowest BCUT2D eigenvalue weighted by Gasteiger charge is -2.18. The van der Waals surface area contributed by atoms with Crippen molar-refractivity contribution in [2.75, 3.05) is 13.6 Å². The molecule has 2 rings (SSSR count). The minimum atomic E-state index is -0.202. The van der Waals surface area contributed by atoms with Crippen molar-refractivity contribution in [3.63, 3.8) is 0 Å². The third-order valence-corrected chi connectivity index (χ3v) is 4.41. The van der Waals surface area contributed by atoms with Gasteiger partial charge in [-0.3, -0.25) is 9.59 Å². The average molecular weight is 300 g/mol. The van der Waals surface area contributed by atoms with Crippen molar-refractivity contribution < 1.29 is 9.59 Å². The van der Waals surface area contributed by atoms with Crippen LogP contribution in [0.1, 0.15) is 36.2 Å². The van der Waals surface area contributed by atoms with Gasteiger partial charge in [0.2, 0.25) is 5.91 Å². The smallest absolute Gasteiger partial charge is 0.253 e. The van der Waals surface area contributed by atoms with Crippen LogP contribution in [0, 0.1) is 11.3 Å². The van der Waals surface area contributed by atoms with E-state index in [0.29, 0.717) is 23.4 Å². The Morgan fingerprint density at radius 3 is 2.45 bits per heavy atom. The summed E-state index contributed by atoms with van der Waals surface area (Å²) >= 11 is 0. The van der Waals surface area contributed by atoms with Crippen molar-refractivity contribution in [1.82, 2.24) is 10.2 Å². The Kier molecular flexibility index (Phi) is 4.69. The van der Waals surface area contributed by atoms with Crippen molar-refractivity contribution in [3.05, 3.63) is 48.0 Å². The van der Waals surface area contributed by atoms with Gasteiger partial charge in [0.25, 0.3) is 5.91 Å². The summed E-state index contributed by atoms with van der Waals surface area (Å²) in [6, 6.07) is 7.36. The topological polar surface area (TPSA) is 49.4 Å². The lowest BCUT2D eigenvalue weighted by Crippen LogP contribution is -2.29. The van der Waals surface area contributed by atoms with Crippen LogP contribution in [-0.2, 0) is 11.3 Å². The molecule has 1 atom stereocenters. The van der Waals surface area contributed by atoms with Crippen molar-refractivity contribution in [2.45, 2.75) is 26.8 Å². The Hall–Kier alpha value is -2.10. The molecule has 0 aliphatic heterocycles. The van der Waals surface area contributed by atoms with Gasteiger partial charge in [-0.15, -0.1) is 0 Å². The Morgan fingerprint density at radius 2 is 1.95 bits per heavy atom. The maximum atomic E-state index is 12.4. The molecule has 1 aliphatic rings. The standard InChI is InChI=1S/C18H24N2O2/c1-5-16(21)19-11-13-6-8-14(9-7-13)17(22)20(4)12-15-10-18(15,2)3/h5-9,15H,1,10-12H2,2-4H3,(H,19,21). The number of nitrogens with zero attached hydrogens (tertiary/aromatic N) is 1. The van der Waals surface area contributed by atoms with Crippen LogP contribution in [-0.4, -0.2) is 30.3 Å². The van der Waals surface area contributed by atoms with Crippen molar-refractivity contribution in [3.8, 4) is 0 Å². The highest BCUT2D eigenvalue weighted by Crippen LogP contribution is 2.51. The van der Waals surface area contributed by atoms with Gasteiger partial charge in [0.05, 0.1) is 0 Å². The molecule has 1 unspecified atom stereocenters. The zero-order valence-electron chi connectivity index (χ0n) is 13.6. The molecular formula is C18H24N2O2. The molecule has 1 fully saturated rings. The van der Waals surface area contributed by atoms with E-state index >= 15 is 0 Å². The van der Waals surface area contributed by atoms with E-state index in [1.807, 2.05) is 31.3 Å². The molecule has 2 amide bonds. The molecule has 0 bridgehead atoms. The van der Waals surface area contributed by atoms with Gasteiger partial charge in [0, 0.05) is 25.7 Å². The zero-order valence-corrected chi connectivity index (χ0v) is 13.6. The van der Waals surface area contributed by atoms with E-state index in [1.54, 1.807) is 4.90 Å². The molecule has 0 radical (unpaired) electrons. The highest BCUT2D eigenvalue weighted by atomic mass is 16.2. The number of carbonyl (C=O) groups excluding carboxylic acids is 2. The van der Waals surface area contributed by atoms with Crippen molar-refractivity contribution in [2.24, 2.45) is 11.3 Å². The quantitative estimate of drug-likeness (QED) is 0.821. The molecule has 1 aromatic rings. The Labute approximate surface area is 132 Å². The molecule has 22 heavy (non-hydrogen) atoms. The summed E-state index contributed by atoms with van der Waals surface area (Å²) in [7, 11) is 1.86. The molecule has 1 aliphatic carbocycles. The number of carbonyl (C=O) groups is 2. The van der Waals surface area contributed by atoms with Crippen molar-refractivity contribution >= 4 is 11.8 Å². The molecule has 0 aromatic heterocycles. The van der Waals surface area contributed by atoms with E-state index in [-0.39, 0.29) is 11.8 Å². The van der Waals surface area contributed by atoms with Crippen LogP contribution in [0.4, 0.5) is 0 Å². The monoisotopic (exact) mass is 300 g/mol. The summed E-state index contributed by atoms with van der Waals surface area (Å²) in [6.07, 6.45) is 2.43. The van der Waals surface area contributed by atoms with Gasteiger partial charge in [-0.05, 0) is 41.5 Å². The second kappa shape index (κ2) is 6.34. The van der Waals surface area contributed by atoms with Crippen LogP contribution in [0.3, 0.4) is 0 Å². The van der Waals surface area contributed by atoms with Gasteiger partial charge >= 0.3 is 0 Å². The van der Waals surface area contributed by atoms with E-state index in [4.69, 9.17) is 0 Å². The van der Waals surface area contributed by atoms with Gasteiger partial charge in [-0.1, -0.05) is 32.6 Å². The van der Waals surface area contributed by atoms with Gasteiger partial charge in [-0.2, -0.15) is 0 Å². The minimum absolute atomic E-state index is 0.0457. The van der Waals surface area contributed by atoms with E-state index < -0.39 is 0 Å². The van der Waals surface area contributed by atoms with Crippen LogP contribution < -0.4 is 5.32 Å². The maximum absolute atomic E-state index is 12.4. The molecule has 4 heteroatoms. The number of rotatable bonds is 6. The largest absolute Gasteiger partial charge is 0.348 e. The third-order valence-electron chi connectivity index (χ3n) is 4.41. The van der Waals surface area contributed by atoms with E-state index in [0.717, 1.165) is 12.1 Å². The summed E-state index contributed by atoms with van der Waals surface area (Å²) in [4.78, 5) is 25.3. The summed E-state index contributed by atoms with van der Waals surface area (Å²) < 4.78 is 0. The maximum Gasteiger partial charge on any atom is 0.253 e. The molecule has 4 nitrogen and oxygen atoms in total. The molecular weight excluding hydrogens is 276 g/mol. The first-order valence-electron chi connectivity index (χ1n) is 7.58. The first-order valence-corrected chi connectivity index (χ1v) is 7.58. The van der Waals surface area contributed by atoms with Gasteiger partial charge in [-0.25, -0.2) is 0 Å². The van der Waals surface area contributed by atoms with E-state index in [1.165, 1.54) is 12.5 Å². The summed E-state index contributed by atoms with van der Waals surface area (Å²) in [6.45, 7) is 9.13. The van der Waals surface area contributed by atoms with Gasteiger partial charge < -0.3 is 10.2 Å². The normalized spacial score (nSPS) is 18.4. The van der Waals surface area contributed by atoms with Crippen molar-refractivity contribution in [1.29, 1.82) is 0 Å². The average Bonchev–Trinajstić information content (AvgIpc) is 3.10. The van der Waals surface area contributed by atoms with Gasteiger partial charge in [0.15, 0.2) is 0 Å². The molecule has 1 saturated carbocycles. The molecule has 118 valence electrons. The van der Waals surface area contributed by atoms with Crippen LogP contribution in [0.25, 0.3) is 0 Å². The number of amides is 2. The predicted octanol–water partition coefficient (Wildman–Crippen LogP) is 2.61. The summed E-state index contributed by atoms with van der Waals surface area (Å²) in [5, 5.41) is 2.71. The second-order valence-corrected chi connectivity index (χ2v) is 6.69. The first kappa shape index (κ1) is 16.3. The number of nitrogens with one attached hydrogen (secondary N) is 1. The van der Waals surface area contributed by atoms with E-state index in [2.05, 4.69) is 25.7 Å². The van der Waals surface area contributed by atoms with Crippen LogP contribution in [0.5, 0.6) is 0 Å². The summed E-state index contributed by atoms with van der Waals surface area (Å²) in [5.74, 6) is 0.450. The molecule has 0 saturated heterocycles. The minimum Gasteiger partial charge on any atom is -0.348 e. The number of hydrogen-bond acceptors (Lipinski definition) is 2. The SMILES string of the molecule is C=CC(=O)NCc1ccc(C(=O)N(C)CC2CC2(C)C)cc1. The number of hydrogen-bond donors (Lipinski definition) is 1. The fourth-order valence-electron chi connectivity index (χ4n) is 2.55. The lowest BCUT2D eigenvalue weighted by atomic mass is 10.1. The number of benzene rings is 1. The summed E-state index contributed by atoms with van der Waals surface area (Å²) in [5.41, 5.74) is 2.01. The first-order chi connectivity index (χ1) is 10.3. The van der Waals surface area contributed by atoms with Gasteiger partial charge in [0.1, 0.15) is 0 Å². The Balaban J connectivity index is 1.90. The highest BCUT2D eigenvalue weighted by Gasteiger charge is 2.46.